The molecular formula is C27H20ClN3O2. The van der Waals surface area contributed by atoms with Crippen LogP contribution in [0, 0.1) is 0 Å². The summed E-state index contributed by atoms with van der Waals surface area (Å²) in [6, 6.07) is 28.7. The first-order valence-corrected chi connectivity index (χ1v) is 11.0. The topological polar surface area (TPSA) is 57.0 Å². The molecule has 0 aliphatic rings. The molecule has 2 heterocycles. The van der Waals surface area contributed by atoms with Gasteiger partial charge in [-0.15, -0.1) is 0 Å². The fraction of sp³-hybridized carbons (Fsp3) is 0.0741. The van der Waals surface area contributed by atoms with E-state index in [1.807, 2.05) is 91.0 Å². The van der Waals surface area contributed by atoms with Gasteiger partial charge in [0.05, 0.1) is 23.6 Å². The molecule has 0 amide bonds. The highest BCUT2D eigenvalue weighted by molar-refractivity contribution is 6.30. The second kappa shape index (κ2) is 8.88. The molecule has 0 saturated carbocycles. The van der Waals surface area contributed by atoms with E-state index in [4.69, 9.17) is 26.4 Å². The molecule has 0 fully saturated rings. The molecular weight excluding hydrogens is 434 g/mol. The van der Waals surface area contributed by atoms with Crippen molar-refractivity contribution in [3.63, 3.8) is 0 Å². The SMILES string of the molecule is CCOC(=O)c1cc2c(-c3ccc(Cl)cc3)nn(-c3ccccc3)c2nc1-c1ccccc1. The Labute approximate surface area is 196 Å². The zero-order valence-corrected chi connectivity index (χ0v) is 18.7. The van der Waals surface area contributed by atoms with Crippen molar-refractivity contribution < 1.29 is 9.53 Å². The lowest BCUT2D eigenvalue weighted by molar-refractivity contribution is 0.0527. The van der Waals surface area contributed by atoms with Crippen molar-refractivity contribution in [1.29, 1.82) is 0 Å². The molecule has 5 aromatic rings. The van der Waals surface area contributed by atoms with Gasteiger partial charge in [0.2, 0.25) is 0 Å². The fourth-order valence-corrected chi connectivity index (χ4v) is 3.92. The lowest BCUT2D eigenvalue weighted by atomic mass is 10.0. The minimum Gasteiger partial charge on any atom is -0.462 e. The molecule has 0 aliphatic heterocycles. The monoisotopic (exact) mass is 453 g/mol. The van der Waals surface area contributed by atoms with Gasteiger partial charge in [0.1, 0.15) is 5.69 Å². The molecule has 2 aromatic heterocycles. The maximum atomic E-state index is 12.9. The molecule has 3 aromatic carbocycles. The summed E-state index contributed by atoms with van der Waals surface area (Å²) in [4.78, 5) is 17.9. The molecule has 0 spiro atoms. The molecule has 5 nitrogen and oxygen atoms in total. The first-order chi connectivity index (χ1) is 16.2. The lowest BCUT2D eigenvalue weighted by Crippen LogP contribution is -2.08. The Morgan fingerprint density at radius 3 is 2.18 bits per heavy atom. The van der Waals surface area contributed by atoms with E-state index in [-0.39, 0.29) is 6.61 Å². The molecule has 162 valence electrons. The minimum atomic E-state index is -0.416. The van der Waals surface area contributed by atoms with E-state index in [0.29, 0.717) is 27.6 Å². The lowest BCUT2D eigenvalue weighted by Gasteiger charge is -2.10. The van der Waals surface area contributed by atoms with Crippen molar-refractivity contribution in [3.05, 3.63) is 102 Å². The fourth-order valence-electron chi connectivity index (χ4n) is 3.79. The first kappa shape index (κ1) is 20.9. The number of para-hydroxylation sites is 1. The smallest absolute Gasteiger partial charge is 0.340 e. The number of rotatable bonds is 5. The summed E-state index contributed by atoms with van der Waals surface area (Å²) < 4.78 is 7.17. The van der Waals surface area contributed by atoms with Crippen LogP contribution in [0.4, 0.5) is 0 Å². The van der Waals surface area contributed by atoms with Crippen LogP contribution in [0.3, 0.4) is 0 Å². The summed E-state index contributed by atoms with van der Waals surface area (Å²) in [5, 5.41) is 6.29. The summed E-state index contributed by atoms with van der Waals surface area (Å²) in [7, 11) is 0. The number of esters is 1. The van der Waals surface area contributed by atoms with Crippen LogP contribution in [-0.2, 0) is 4.74 Å². The number of carbonyl (C=O) groups is 1. The summed E-state index contributed by atoms with van der Waals surface area (Å²) in [5.74, 6) is -0.416. The van der Waals surface area contributed by atoms with Gasteiger partial charge in [-0.05, 0) is 37.3 Å². The molecule has 0 N–H and O–H groups in total. The van der Waals surface area contributed by atoms with Gasteiger partial charge < -0.3 is 4.74 Å². The molecule has 0 aliphatic carbocycles. The van der Waals surface area contributed by atoms with Crippen molar-refractivity contribution in [1.82, 2.24) is 14.8 Å². The summed E-state index contributed by atoms with van der Waals surface area (Å²) in [5.41, 5.74) is 4.90. The summed E-state index contributed by atoms with van der Waals surface area (Å²) in [6.45, 7) is 2.07. The van der Waals surface area contributed by atoms with E-state index in [2.05, 4.69) is 0 Å². The van der Waals surface area contributed by atoms with E-state index in [1.54, 1.807) is 11.6 Å². The molecule has 33 heavy (non-hydrogen) atoms. The Bertz CT molecular complexity index is 1430. The van der Waals surface area contributed by atoms with E-state index in [0.717, 1.165) is 22.2 Å². The van der Waals surface area contributed by atoms with Gasteiger partial charge in [-0.25, -0.2) is 14.5 Å². The van der Waals surface area contributed by atoms with Gasteiger partial charge in [-0.3, -0.25) is 0 Å². The highest BCUT2D eigenvalue weighted by Crippen LogP contribution is 2.34. The third-order valence-corrected chi connectivity index (χ3v) is 5.57. The molecule has 0 saturated heterocycles. The Balaban J connectivity index is 1.84. The van der Waals surface area contributed by atoms with E-state index in [1.165, 1.54) is 0 Å². The Kier molecular flexibility index (Phi) is 5.63. The summed E-state index contributed by atoms with van der Waals surface area (Å²) >= 11 is 6.11. The molecule has 6 heteroatoms. The maximum absolute atomic E-state index is 12.9. The number of halogens is 1. The number of hydrogen-bond donors (Lipinski definition) is 0. The second-order valence-corrected chi connectivity index (χ2v) is 7.88. The highest BCUT2D eigenvalue weighted by Gasteiger charge is 2.22. The molecule has 5 rings (SSSR count). The number of fused-ring (bicyclic) bond motifs is 1. The Hall–Kier alpha value is -3.96. The summed E-state index contributed by atoms with van der Waals surface area (Å²) in [6.07, 6.45) is 0. The van der Waals surface area contributed by atoms with Crippen molar-refractivity contribution in [2.45, 2.75) is 6.92 Å². The average molecular weight is 454 g/mol. The number of benzene rings is 3. The van der Waals surface area contributed by atoms with Gasteiger partial charge in [0.15, 0.2) is 5.65 Å². The first-order valence-electron chi connectivity index (χ1n) is 10.6. The zero-order valence-electron chi connectivity index (χ0n) is 17.9. The van der Waals surface area contributed by atoms with Gasteiger partial charge in [0, 0.05) is 21.5 Å². The zero-order chi connectivity index (χ0) is 22.8. The van der Waals surface area contributed by atoms with Crippen LogP contribution in [0.1, 0.15) is 17.3 Å². The van der Waals surface area contributed by atoms with E-state index < -0.39 is 5.97 Å². The van der Waals surface area contributed by atoms with E-state index in [9.17, 15) is 4.79 Å². The number of ether oxygens (including phenoxy) is 1. The van der Waals surface area contributed by atoms with Crippen molar-refractivity contribution in [2.24, 2.45) is 0 Å². The minimum absolute atomic E-state index is 0.276. The molecule has 0 unspecified atom stereocenters. The maximum Gasteiger partial charge on any atom is 0.340 e. The normalized spacial score (nSPS) is 11.0. The van der Waals surface area contributed by atoms with Crippen LogP contribution < -0.4 is 0 Å². The quantitative estimate of drug-likeness (QED) is 0.282. The van der Waals surface area contributed by atoms with Crippen molar-refractivity contribution >= 4 is 28.6 Å². The molecule has 0 atom stereocenters. The van der Waals surface area contributed by atoms with Crippen LogP contribution >= 0.6 is 11.6 Å². The largest absolute Gasteiger partial charge is 0.462 e. The second-order valence-electron chi connectivity index (χ2n) is 7.45. The molecule has 0 bridgehead atoms. The number of pyridine rings is 1. The highest BCUT2D eigenvalue weighted by atomic mass is 35.5. The van der Waals surface area contributed by atoms with Gasteiger partial charge in [0.25, 0.3) is 0 Å². The van der Waals surface area contributed by atoms with Crippen LogP contribution in [-0.4, -0.2) is 27.3 Å². The van der Waals surface area contributed by atoms with Gasteiger partial charge in [-0.1, -0.05) is 72.3 Å². The standard InChI is InChI=1S/C27H20ClN3O2/c1-2-33-27(32)23-17-22-25(19-13-15-20(28)16-14-19)30-31(21-11-7-4-8-12-21)26(22)29-24(23)18-9-5-3-6-10-18/h3-17H,2H2,1H3. The Morgan fingerprint density at radius 2 is 1.52 bits per heavy atom. The van der Waals surface area contributed by atoms with Crippen LogP contribution in [0.15, 0.2) is 91.0 Å². The third kappa shape index (κ3) is 3.99. The predicted octanol–water partition coefficient (Wildman–Crippen LogP) is 6.58. The Morgan fingerprint density at radius 1 is 0.879 bits per heavy atom. The molecule has 0 radical (unpaired) electrons. The van der Waals surface area contributed by atoms with Crippen LogP contribution in [0.25, 0.3) is 39.2 Å². The number of carbonyl (C=O) groups excluding carboxylic acids is 1. The van der Waals surface area contributed by atoms with E-state index >= 15 is 0 Å². The van der Waals surface area contributed by atoms with Crippen LogP contribution in [0.2, 0.25) is 5.02 Å². The van der Waals surface area contributed by atoms with Gasteiger partial charge >= 0.3 is 5.97 Å². The third-order valence-electron chi connectivity index (χ3n) is 5.32. The number of aromatic nitrogens is 3. The van der Waals surface area contributed by atoms with Crippen molar-refractivity contribution in [2.75, 3.05) is 6.61 Å². The number of nitrogens with zero attached hydrogens (tertiary/aromatic N) is 3. The van der Waals surface area contributed by atoms with Gasteiger partial charge in [-0.2, -0.15) is 5.10 Å². The average Bonchev–Trinajstić information content (AvgIpc) is 3.23. The predicted molar refractivity (Wildman–Crippen MR) is 131 cm³/mol. The van der Waals surface area contributed by atoms with Crippen molar-refractivity contribution in [3.8, 4) is 28.2 Å². The van der Waals surface area contributed by atoms with Crippen LogP contribution in [0.5, 0.6) is 0 Å². The number of hydrogen-bond acceptors (Lipinski definition) is 4.